The van der Waals surface area contributed by atoms with Crippen LogP contribution in [0.25, 0.3) is 0 Å². The molecule has 2 heterocycles. The fourth-order valence-corrected chi connectivity index (χ4v) is 2.25. The maximum absolute atomic E-state index is 12.8. The van der Waals surface area contributed by atoms with Gasteiger partial charge in [0.15, 0.2) is 0 Å². The van der Waals surface area contributed by atoms with E-state index < -0.39 is 11.9 Å². The first kappa shape index (κ1) is 16.5. The van der Waals surface area contributed by atoms with Crippen LogP contribution >= 0.6 is 0 Å². The van der Waals surface area contributed by atoms with Gasteiger partial charge in [-0.25, -0.2) is 0 Å². The summed E-state index contributed by atoms with van der Waals surface area (Å²) in [6.45, 7) is 7.37. The van der Waals surface area contributed by atoms with Crippen LogP contribution in [0.1, 0.15) is 36.5 Å². The van der Waals surface area contributed by atoms with E-state index in [1.165, 1.54) is 0 Å². The first-order chi connectivity index (χ1) is 10.3. The van der Waals surface area contributed by atoms with E-state index in [-0.39, 0.29) is 13.1 Å². The summed E-state index contributed by atoms with van der Waals surface area (Å²) < 4.78 is 41.3. The van der Waals surface area contributed by atoms with Crippen LogP contribution in [0.15, 0.2) is 12.3 Å². The molecule has 122 valence electrons. The van der Waals surface area contributed by atoms with E-state index >= 15 is 0 Å². The Hall–Kier alpha value is -1.83. The van der Waals surface area contributed by atoms with Gasteiger partial charge in [-0.3, -0.25) is 9.36 Å². The minimum absolute atomic E-state index is 0.192. The summed E-state index contributed by atoms with van der Waals surface area (Å²) >= 11 is 0. The second-order valence-electron chi connectivity index (χ2n) is 5.03. The second kappa shape index (κ2) is 6.51. The Labute approximate surface area is 127 Å². The normalized spacial score (nSPS) is 12.1. The Morgan fingerprint density at radius 1 is 1.14 bits per heavy atom. The van der Waals surface area contributed by atoms with Crippen molar-refractivity contribution in [2.75, 3.05) is 0 Å². The lowest BCUT2D eigenvalue weighted by molar-refractivity contribution is -0.144. The summed E-state index contributed by atoms with van der Waals surface area (Å²) in [6, 6.07) is 1.10. The van der Waals surface area contributed by atoms with Gasteiger partial charge in [0.1, 0.15) is 5.69 Å². The van der Waals surface area contributed by atoms with E-state index in [1.54, 1.807) is 6.92 Å². The molecule has 0 saturated carbocycles. The van der Waals surface area contributed by atoms with Crippen LogP contribution in [-0.4, -0.2) is 19.6 Å². The number of nitrogens with zero attached hydrogens (tertiary/aromatic N) is 4. The molecule has 0 unspecified atom stereocenters. The number of alkyl halides is 3. The predicted molar refractivity (Wildman–Crippen MR) is 76.1 cm³/mol. The van der Waals surface area contributed by atoms with Crippen molar-refractivity contribution >= 4 is 0 Å². The van der Waals surface area contributed by atoms with Crippen LogP contribution in [0.4, 0.5) is 13.2 Å². The first-order valence-corrected chi connectivity index (χ1v) is 7.22. The smallest absolute Gasteiger partial charge is 0.307 e. The maximum Gasteiger partial charge on any atom is 0.433 e. The standard InChI is InChI=1S/C14H20F3N5/c1-4-21-9-11(10(3)19-21)7-18-8-12-6-13(14(15,16)17)22(5-2)20-12/h6,9,18H,4-5,7-8H2,1-3H3. The second-order valence-corrected chi connectivity index (χ2v) is 5.03. The van der Waals surface area contributed by atoms with E-state index in [1.807, 2.05) is 24.7 Å². The summed E-state index contributed by atoms with van der Waals surface area (Å²) in [6.07, 6.45) is -2.44. The number of halogens is 3. The van der Waals surface area contributed by atoms with Crippen LogP contribution in [0.2, 0.25) is 0 Å². The van der Waals surface area contributed by atoms with Crippen LogP contribution in [0.3, 0.4) is 0 Å². The Morgan fingerprint density at radius 3 is 2.36 bits per heavy atom. The average molecular weight is 315 g/mol. The van der Waals surface area contributed by atoms with Gasteiger partial charge in [0.05, 0.1) is 11.4 Å². The number of nitrogens with one attached hydrogen (secondary N) is 1. The zero-order chi connectivity index (χ0) is 16.3. The summed E-state index contributed by atoms with van der Waals surface area (Å²) in [5.74, 6) is 0. The molecule has 8 heteroatoms. The molecule has 0 aliphatic carbocycles. The molecule has 5 nitrogen and oxygen atoms in total. The monoisotopic (exact) mass is 315 g/mol. The van der Waals surface area contributed by atoms with Crippen molar-refractivity contribution in [2.24, 2.45) is 0 Å². The number of rotatable bonds is 6. The fourth-order valence-electron chi connectivity index (χ4n) is 2.25. The molecule has 0 bridgehead atoms. The fraction of sp³-hybridized carbons (Fsp3) is 0.571. The highest BCUT2D eigenvalue weighted by Gasteiger charge is 2.35. The van der Waals surface area contributed by atoms with Gasteiger partial charge in [-0.2, -0.15) is 23.4 Å². The number of hydrogen-bond acceptors (Lipinski definition) is 3. The van der Waals surface area contributed by atoms with Crippen LogP contribution in [0.5, 0.6) is 0 Å². The molecular formula is C14H20F3N5. The van der Waals surface area contributed by atoms with Gasteiger partial charge in [0.25, 0.3) is 0 Å². The van der Waals surface area contributed by atoms with Crippen LogP contribution in [0, 0.1) is 6.92 Å². The molecule has 2 aromatic rings. The third-order valence-corrected chi connectivity index (χ3v) is 3.41. The van der Waals surface area contributed by atoms with E-state index in [2.05, 4.69) is 15.5 Å². The number of hydrogen-bond donors (Lipinski definition) is 1. The highest BCUT2D eigenvalue weighted by Crippen LogP contribution is 2.29. The molecule has 0 radical (unpaired) electrons. The van der Waals surface area contributed by atoms with E-state index in [0.717, 1.165) is 28.6 Å². The topological polar surface area (TPSA) is 47.7 Å². The van der Waals surface area contributed by atoms with Gasteiger partial charge in [-0.1, -0.05) is 0 Å². The van der Waals surface area contributed by atoms with Gasteiger partial charge >= 0.3 is 6.18 Å². The summed E-state index contributed by atoms with van der Waals surface area (Å²) in [4.78, 5) is 0. The molecule has 0 fully saturated rings. The summed E-state index contributed by atoms with van der Waals surface area (Å²) in [7, 11) is 0. The van der Waals surface area contributed by atoms with Crippen molar-refractivity contribution in [3.8, 4) is 0 Å². The summed E-state index contributed by atoms with van der Waals surface area (Å²) in [5, 5.41) is 11.4. The molecule has 1 N–H and O–H groups in total. The van der Waals surface area contributed by atoms with Gasteiger partial charge in [-0.05, 0) is 26.8 Å². The minimum atomic E-state index is -4.37. The quantitative estimate of drug-likeness (QED) is 0.891. The molecule has 22 heavy (non-hydrogen) atoms. The van der Waals surface area contributed by atoms with Crippen molar-refractivity contribution in [3.05, 3.63) is 34.9 Å². The number of aryl methyl sites for hydroxylation is 3. The molecule has 0 aliphatic heterocycles. The van der Waals surface area contributed by atoms with E-state index in [9.17, 15) is 13.2 Å². The lowest BCUT2D eigenvalue weighted by atomic mass is 10.2. The third kappa shape index (κ3) is 3.68. The van der Waals surface area contributed by atoms with Gasteiger partial charge in [0, 0.05) is 37.9 Å². The van der Waals surface area contributed by atoms with Crippen molar-refractivity contribution in [2.45, 2.75) is 53.1 Å². The zero-order valence-corrected chi connectivity index (χ0v) is 12.9. The third-order valence-electron chi connectivity index (χ3n) is 3.41. The first-order valence-electron chi connectivity index (χ1n) is 7.22. The Balaban J connectivity index is 2.00. The van der Waals surface area contributed by atoms with E-state index in [0.29, 0.717) is 12.2 Å². The lowest BCUT2D eigenvalue weighted by Gasteiger charge is -2.07. The van der Waals surface area contributed by atoms with Crippen LogP contribution < -0.4 is 5.32 Å². The van der Waals surface area contributed by atoms with Crippen molar-refractivity contribution in [1.82, 2.24) is 24.9 Å². The number of aromatic nitrogens is 4. The molecule has 0 spiro atoms. The summed E-state index contributed by atoms with van der Waals surface area (Å²) in [5.41, 5.74) is 1.63. The minimum Gasteiger partial charge on any atom is -0.307 e. The molecule has 0 amide bonds. The molecule has 0 saturated heterocycles. The molecule has 0 aliphatic rings. The SMILES string of the molecule is CCn1cc(CNCc2cc(C(F)(F)F)n(CC)n2)c(C)n1. The molecular weight excluding hydrogens is 295 g/mol. The van der Waals surface area contributed by atoms with Gasteiger partial charge in [0.2, 0.25) is 0 Å². The average Bonchev–Trinajstić information content (AvgIpc) is 3.02. The Morgan fingerprint density at radius 2 is 1.86 bits per heavy atom. The van der Waals surface area contributed by atoms with Crippen molar-refractivity contribution in [1.29, 1.82) is 0 Å². The predicted octanol–water partition coefficient (Wildman–Crippen LogP) is 2.74. The van der Waals surface area contributed by atoms with Gasteiger partial charge in [-0.15, -0.1) is 0 Å². The zero-order valence-electron chi connectivity index (χ0n) is 12.9. The van der Waals surface area contributed by atoms with E-state index in [4.69, 9.17) is 0 Å². The molecule has 0 atom stereocenters. The largest absolute Gasteiger partial charge is 0.433 e. The Bertz CT molecular complexity index is 627. The lowest BCUT2D eigenvalue weighted by Crippen LogP contribution is -2.14. The highest BCUT2D eigenvalue weighted by atomic mass is 19.4. The van der Waals surface area contributed by atoms with Crippen molar-refractivity contribution in [3.63, 3.8) is 0 Å². The van der Waals surface area contributed by atoms with Crippen LogP contribution in [-0.2, 0) is 32.4 Å². The molecule has 2 rings (SSSR count). The van der Waals surface area contributed by atoms with Crippen molar-refractivity contribution < 1.29 is 13.2 Å². The highest BCUT2D eigenvalue weighted by molar-refractivity contribution is 5.16. The Kier molecular flexibility index (Phi) is 4.90. The van der Waals surface area contributed by atoms with Gasteiger partial charge < -0.3 is 5.32 Å². The molecule has 2 aromatic heterocycles. The maximum atomic E-state index is 12.8. The molecule has 0 aromatic carbocycles.